The standard InChI is InChI=1S/C47H69N3O6/c1-5-8-10-12-14-18-30-50(31-19-15-13-11-9-6-2)34-43-36(4)45(39-24-22-37(35-51)23-25-39)56-46(55-43)40-28-26-38(27-29-40)42-21-17-16-20-41(42)32-48-47(53)49-33-44(52)54-7-3/h16-17,20-29,36,43,45-46,51H,5-15,18-19,30-35H2,1-4H3,(H2,48,49,53)/t36-,43+,45+,46+/m1/s1. The average Bonchev–Trinajstić information content (AvgIpc) is 3.22. The number of rotatable bonds is 25. The fourth-order valence-corrected chi connectivity index (χ4v) is 7.49. The minimum atomic E-state index is -0.544. The second kappa shape index (κ2) is 25.5. The van der Waals surface area contributed by atoms with Crippen LogP contribution in [-0.2, 0) is 32.2 Å². The first kappa shape index (κ1) is 44.9. The Hall–Kier alpha value is -3.76. The summed E-state index contributed by atoms with van der Waals surface area (Å²) in [4.78, 5) is 26.7. The van der Waals surface area contributed by atoms with E-state index in [4.69, 9.17) is 14.2 Å². The molecule has 1 fully saturated rings. The second-order valence-electron chi connectivity index (χ2n) is 15.3. The van der Waals surface area contributed by atoms with Gasteiger partial charge in [0.2, 0.25) is 0 Å². The Bertz CT molecular complexity index is 1530. The number of carbonyl (C=O) groups excluding carboxylic acids is 2. The third-order valence-electron chi connectivity index (χ3n) is 10.9. The van der Waals surface area contributed by atoms with Crippen LogP contribution in [0.3, 0.4) is 0 Å². The van der Waals surface area contributed by atoms with Crippen molar-refractivity contribution in [2.45, 2.75) is 136 Å². The summed E-state index contributed by atoms with van der Waals surface area (Å²) in [6.45, 7) is 12.0. The van der Waals surface area contributed by atoms with Crippen LogP contribution in [0.5, 0.6) is 0 Å². The van der Waals surface area contributed by atoms with E-state index in [-0.39, 0.29) is 37.9 Å². The van der Waals surface area contributed by atoms with E-state index in [0.29, 0.717) is 6.54 Å². The molecule has 0 aromatic heterocycles. The molecule has 9 heteroatoms. The predicted octanol–water partition coefficient (Wildman–Crippen LogP) is 10.0. The number of nitrogens with zero attached hydrogens (tertiary/aromatic N) is 1. The number of hydrogen-bond acceptors (Lipinski definition) is 7. The quantitative estimate of drug-likeness (QED) is 0.0581. The van der Waals surface area contributed by atoms with Gasteiger partial charge in [-0.2, -0.15) is 0 Å². The zero-order chi connectivity index (χ0) is 40.0. The van der Waals surface area contributed by atoms with Crippen LogP contribution < -0.4 is 10.6 Å². The second-order valence-corrected chi connectivity index (χ2v) is 15.3. The van der Waals surface area contributed by atoms with Crippen LogP contribution in [0.15, 0.2) is 72.8 Å². The molecule has 0 saturated carbocycles. The van der Waals surface area contributed by atoms with Crippen molar-refractivity contribution in [3.05, 3.63) is 95.1 Å². The van der Waals surface area contributed by atoms with Crippen LogP contribution in [0.25, 0.3) is 11.1 Å². The van der Waals surface area contributed by atoms with E-state index < -0.39 is 18.3 Å². The van der Waals surface area contributed by atoms with Gasteiger partial charge in [0, 0.05) is 24.6 Å². The van der Waals surface area contributed by atoms with Crippen LogP contribution in [-0.4, -0.2) is 60.9 Å². The van der Waals surface area contributed by atoms with Gasteiger partial charge in [-0.15, -0.1) is 0 Å². The van der Waals surface area contributed by atoms with Gasteiger partial charge in [-0.1, -0.05) is 158 Å². The molecule has 0 bridgehead atoms. The number of esters is 1. The smallest absolute Gasteiger partial charge is 0.325 e. The van der Waals surface area contributed by atoms with E-state index in [1.807, 2.05) is 36.4 Å². The lowest BCUT2D eigenvalue weighted by molar-refractivity contribution is -0.276. The SMILES string of the molecule is CCCCCCCCN(CCCCCCCC)C[C@@H]1O[C@H](c2ccc(-c3ccccc3CNC(=O)NCC(=O)OCC)cc2)O[C@H](c2ccc(CO)cc2)[C@@H]1C. The summed E-state index contributed by atoms with van der Waals surface area (Å²) in [5, 5.41) is 15.1. The van der Waals surface area contributed by atoms with Crippen molar-refractivity contribution in [3.8, 4) is 11.1 Å². The van der Waals surface area contributed by atoms with Crippen molar-refractivity contribution in [1.29, 1.82) is 0 Å². The molecule has 3 aromatic carbocycles. The molecule has 0 spiro atoms. The van der Waals surface area contributed by atoms with Gasteiger partial charge in [0.15, 0.2) is 6.29 Å². The van der Waals surface area contributed by atoms with Gasteiger partial charge in [-0.3, -0.25) is 4.79 Å². The zero-order valence-corrected chi connectivity index (χ0v) is 34.6. The highest BCUT2D eigenvalue weighted by Crippen LogP contribution is 2.42. The number of hydrogen-bond donors (Lipinski definition) is 3. The number of benzene rings is 3. The summed E-state index contributed by atoms with van der Waals surface area (Å²) in [6, 6.07) is 24.0. The highest BCUT2D eigenvalue weighted by atomic mass is 16.7. The minimum Gasteiger partial charge on any atom is -0.465 e. The van der Waals surface area contributed by atoms with Gasteiger partial charge in [0.25, 0.3) is 0 Å². The lowest BCUT2D eigenvalue weighted by Crippen LogP contribution is -2.45. The maximum atomic E-state index is 12.4. The Balaban J connectivity index is 1.50. The Morgan fingerprint density at radius 3 is 1.96 bits per heavy atom. The predicted molar refractivity (Wildman–Crippen MR) is 225 cm³/mol. The fraction of sp³-hybridized carbons (Fsp3) is 0.574. The number of carbonyl (C=O) groups is 2. The summed E-state index contributed by atoms with van der Waals surface area (Å²) in [5.74, 6) is -0.351. The van der Waals surface area contributed by atoms with Crippen molar-refractivity contribution in [2.75, 3.05) is 32.8 Å². The van der Waals surface area contributed by atoms with Crippen LogP contribution >= 0.6 is 0 Å². The Labute approximate surface area is 336 Å². The van der Waals surface area contributed by atoms with E-state index >= 15 is 0 Å². The molecule has 0 unspecified atom stereocenters. The molecular formula is C47H69N3O6. The molecule has 3 N–H and O–H groups in total. The molecule has 4 rings (SSSR count). The van der Waals surface area contributed by atoms with Gasteiger partial charge < -0.3 is 34.9 Å². The Morgan fingerprint density at radius 2 is 1.34 bits per heavy atom. The van der Waals surface area contributed by atoms with Crippen LogP contribution in [0.4, 0.5) is 4.79 Å². The maximum absolute atomic E-state index is 12.4. The van der Waals surface area contributed by atoms with Crippen LogP contribution in [0.1, 0.15) is 139 Å². The summed E-state index contributed by atoms with van der Waals surface area (Å²) in [6.07, 6.45) is 14.7. The number of aliphatic hydroxyl groups is 1. The van der Waals surface area contributed by atoms with Crippen molar-refractivity contribution in [2.24, 2.45) is 5.92 Å². The van der Waals surface area contributed by atoms with Gasteiger partial charge in [0.1, 0.15) is 6.54 Å². The zero-order valence-electron chi connectivity index (χ0n) is 34.6. The van der Waals surface area contributed by atoms with Gasteiger partial charge in [-0.25, -0.2) is 4.79 Å². The highest BCUT2D eigenvalue weighted by molar-refractivity contribution is 5.81. The van der Waals surface area contributed by atoms with Crippen molar-refractivity contribution in [1.82, 2.24) is 15.5 Å². The number of nitrogens with one attached hydrogen (secondary N) is 2. The van der Waals surface area contributed by atoms with Gasteiger partial charge >= 0.3 is 12.0 Å². The van der Waals surface area contributed by atoms with E-state index in [9.17, 15) is 14.7 Å². The number of amides is 2. The summed E-state index contributed by atoms with van der Waals surface area (Å²) in [7, 11) is 0. The van der Waals surface area contributed by atoms with E-state index in [0.717, 1.165) is 53.0 Å². The average molecular weight is 772 g/mol. The van der Waals surface area contributed by atoms with Crippen molar-refractivity contribution >= 4 is 12.0 Å². The molecule has 1 aliphatic heterocycles. The molecule has 1 aliphatic rings. The van der Waals surface area contributed by atoms with E-state index in [1.54, 1.807) is 6.92 Å². The van der Waals surface area contributed by atoms with E-state index in [2.05, 4.69) is 72.7 Å². The fourth-order valence-electron chi connectivity index (χ4n) is 7.49. The first-order chi connectivity index (χ1) is 27.4. The molecular weight excluding hydrogens is 703 g/mol. The van der Waals surface area contributed by atoms with Gasteiger partial charge in [-0.05, 0) is 60.7 Å². The number of urea groups is 1. The first-order valence-electron chi connectivity index (χ1n) is 21.4. The van der Waals surface area contributed by atoms with Gasteiger partial charge in [0.05, 0.1) is 25.4 Å². The van der Waals surface area contributed by atoms with Crippen LogP contribution in [0, 0.1) is 5.92 Å². The number of ether oxygens (including phenoxy) is 3. The van der Waals surface area contributed by atoms with E-state index in [1.165, 1.54) is 77.0 Å². The number of aliphatic hydroxyl groups excluding tert-OH is 1. The first-order valence-corrected chi connectivity index (χ1v) is 21.4. The minimum absolute atomic E-state index is 0.00971. The molecule has 4 atom stereocenters. The monoisotopic (exact) mass is 772 g/mol. The maximum Gasteiger partial charge on any atom is 0.325 e. The van der Waals surface area contributed by atoms with Crippen molar-refractivity contribution in [3.63, 3.8) is 0 Å². The topological polar surface area (TPSA) is 109 Å². The summed E-state index contributed by atoms with van der Waals surface area (Å²) < 4.78 is 18.7. The molecule has 0 aliphatic carbocycles. The molecule has 1 heterocycles. The molecule has 1 saturated heterocycles. The Kier molecular flexibility index (Phi) is 20.5. The molecule has 0 radical (unpaired) electrons. The lowest BCUT2D eigenvalue weighted by Gasteiger charge is -2.43. The largest absolute Gasteiger partial charge is 0.465 e. The lowest BCUT2D eigenvalue weighted by atomic mass is 9.89. The normalized spacial score (nSPS) is 18.2. The third-order valence-corrected chi connectivity index (χ3v) is 10.9. The highest BCUT2D eigenvalue weighted by Gasteiger charge is 2.39. The van der Waals surface area contributed by atoms with Crippen LogP contribution in [0.2, 0.25) is 0 Å². The Morgan fingerprint density at radius 1 is 0.732 bits per heavy atom. The molecule has 2 amide bonds. The molecule has 56 heavy (non-hydrogen) atoms. The third kappa shape index (κ3) is 15.0. The molecule has 3 aromatic rings. The van der Waals surface area contributed by atoms with Crippen molar-refractivity contribution < 1.29 is 28.9 Å². The number of unbranched alkanes of at least 4 members (excludes halogenated alkanes) is 10. The molecule has 9 nitrogen and oxygen atoms in total. The summed E-state index contributed by atoms with van der Waals surface area (Å²) in [5.41, 5.74) is 5.90. The molecule has 308 valence electrons. The summed E-state index contributed by atoms with van der Waals surface area (Å²) >= 11 is 0.